The third kappa shape index (κ3) is 3.76. The number of amides is 4. The predicted molar refractivity (Wildman–Crippen MR) is 88.9 cm³/mol. The molecule has 2 aliphatic heterocycles. The number of benzene rings is 1. The van der Waals surface area contributed by atoms with Crippen molar-refractivity contribution < 1.29 is 32.3 Å². The summed E-state index contributed by atoms with van der Waals surface area (Å²) >= 11 is 0. The zero-order chi connectivity index (χ0) is 20.6. The van der Waals surface area contributed by atoms with Crippen LogP contribution in [0.4, 0.5) is 13.2 Å². The molecule has 0 aliphatic carbocycles. The molecule has 4 N–H and O–H groups in total. The van der Waals surface area contributed by atoms with E-state index in [4.69, 9.17) is 5.73 Å². The lowest BCUT2D eigenvalue weighted by atomic mass is 10.0. The van der Waals surface area contributed by atoms with Crippen molar-refractivity contribution in [2.45, 2.75) is 37.6 Å². The maximum absolute atomic E-state index is 12.7. The van der Waals surface area contributed by atoms with Crippen molar-refractivity contribution >= 4 is 23.6 Å². The molecular formula is C17H17F3N4O4. The van der Waals surface area contributed by atoms with Crippen molar-refractivity contribution in [1.29, 1.82) is 0 Å². The Morgan fingerprint density at radius 1 is 1.18 bits per heavy atom. The van der Waals surface area contributed by atoms with Crippen LogP contribution in [-0.4, -0.2) is 53.3 Å². The number of alkyl halides is 3. The van der Waals surface area contributed by atoms with Gasteiger partial charge in [-0.1, -0.05) is 6.07 Å². The van der Waals surface area contributed by atoms with Gasteiger partial charge in [0.1, 0.15) is 12.1 Å². The van der Waals surface area contributed by atoms with Gasteiger partial charge in [-0.05, 0) is 24.1 Å². The predicted octanol–water partition coefficient (Wildman–Crippen LogP) is 0.0670. The summed E-state index contributed by atoms with van der Waals surface area (Å²) in [5.74, 6) is -2.51. The summed E-state index contributed by atoms with van der Waals surface area (Å²) in [5.41, 5.74) is 5.67. The van der Waals surface area contributed by atoms with Crippen LogP contribution in [0, 0.1) is 0 Å². The van der Waals surface area contributed by atoms with Crippen LogP contribution in [0.3, 0.4) is 0 Å². The topological polar surface area (TPSA) is 122 Å². The number of hydrogen-bond acceptors (Lipinski definition) is 6. The van der Waals surface area contributed by atoms with E-state index in [0.717, 1.165) is 4.90 Å². The zero-order valence-electron chi connectivity index (χ0n) is 14.5. The van der Waals surface area contributed by atoms with E-state index in [-0.39, 0.29) is 30.5 Å². The molecule has 2 aliphatic rings. The number of rotatable bonds is 5. The Hall–Kier alpha value is -2.79. The van der Waals surface area contributed by atoms with Crippen molar-refractivity contribution in [2.75, 3.05) is 6.54 Å². The van der Waals surface area contributed by atoms with Crippen molar-refractivity contribution in [3.05, 3.63) is 34.9 Å². The molecule has 2 heterocycles. The molecule has 2 atom stereocenters. The number of halogens is 3. The average Bonchev–Trinajstić information content (AvgIpc) is 2.85. The number of nitrogens with one attached hydrogen (secondary N) is 2. The first kappa shape index (κ1) is 20.0. The van der Waals surface area contributed by atoms with Gasteiger partial charge in [0.2, 0.25) is 11.8 Å². The van der Waals surface area contributed by atoms with Gasteiger partial charge in [0.05, 0.1) is 11.1 Å². The molecule has 3 rings (SSSR count). The Balaban J connectivity index is 1.71. The largest absolute Gasteiger partial charge is 0.404 e. The lowest BCUT2D eigenvalue weighted by Gasteiger charge is -2.27. The van der Waals surface area contributed by atoms with Gasteiger partial charge in [-0.25, -0.2) is 0 Å². The second kappa shape index (κ2) is 7.32. The van der Waals surface area contributed by atoms with Crippen LogP contribution in [0.1, 0.15) is 39.1 Å². The van der Waals surface area contributed by atoms with Gasteiger partial charge in [0, 0.05) is 19.5 Å². The van der Waals surface area contributed by atoms with Gasteiger partial charge < -0.3 is 11.1 Å². The van der Waals surface area contributed by atoms with E-state index in [1.54, 1.807) is 0 Å². The summed E-state index contributed by atoms with van der Waals surface area (Å²) in [4.78, 5) is 49.3. The Bertz CT molecular complexity index is 855. The maximum atomic E-state index is 12.7. The molecule has 0 bridgehead atoms. The second-order valence-corrected chi connectivity index (χ2v) is 6.61. The summed E-state index contributed by atoms with van der Waals surface area (Å²) in [7, 11) is 0. The summed E-state index contributed by atoms with van der Waals surface area (Å²) in [6.07, 6.45) is -4.46. The highest BCUT2D eigenvalue weighted by atomic mass is 19.4. The number of imide groups is 2. The molecule has 0 saturated carbocycles. The van der Waals surface area contributed by atoms with Crippen LogP contribution in [-0.2, 0) is 16.1 Å². The van der Waals surface area contributed by atoms with E-state index in [0.29, 0.717) is 5.56 Å². The highest BCUT2D eigenvalue weighted by Gasteiger charge is 2.44. The number of piperidine rings is 1. The first-order valence-corrected chi connectivity index (χ1v) is 8.47. The molecule has 0 aromatic heterocycles. The van der Waals surface area contributed by atoms with E-state index < -0.39 is 48.4 Å². The molecule has 1 fully saturated rings. The van der Waals surface area contributed by atoms with E-state index in [9.17, 15) is 32.3 Å². The fraction of sp³-hybridized carbons (Fsp3) is 0.412. The summed E-state index contributed by atoms with van der Waals surface area (Å²) in [6.45, 7) is -0.493. The molecule has 0 spiro atoms. The number of carbonyl (C=O) groups excluding carboxylic acids is 4. The lowest BCUT2D eigenvalue weighted by Crippen LogP contribution is -2.54. The highest BCUT2D eigenvalue weighted by molar-refractivity contribution is 6.23. The van der Waals surface area contributed by atoms with Gasteiger partial charge in [-0.3, -0.25) is 29.4 Å². The van der Waals surface area contributed by atoms with Crippen LogP contribution in [0.2, 0.25) is 0 Å². The molecule has 1 saturated heterocycles. The maximum Gasteiger partial charge on any atom is 0.404 e. The van der Waals surface area contributed by atoms with Gasteiger partial charge in [0.25, 0.3) is 11.8 Å². The molecule has 1 aromatic rings. The monoisotopic (exact) mass is 398 g/mol. The van der Waals surface area contributed by atoms with Crippen molar-refractivity contribution in [2.24, 2.45) is 5.73 Å². The standard InChI is InChI=1S/C17H17F3N4O4/c18-17(19,20)12(21)7-22-6-8-1-2-9-10(5-8)16(28)24(15(9)27)11-3-4-13(25)23-14(11)26/h1-2,5,11-12,22H,3-4,6-7,21H2,(H,23,25,26). The lowest BCUT2D eigenvalue weighted by molar-refractivity contribution is -0.146. The number of nitrogens with two attached hydrogens (primary N) is 1. The normalized spacial score (nSPS) is 21.0. The van der Waals surface area contributed by atoms with E-state index in [1.165, 1.54) is 18.2 Å². The van der Waals surface area contributed by atoms with Crippen LogP contribution >= 0.6 is 0 Å². The van der Waals surface area contributed by atoms with E-state index >= 15 is 0 Å². The third-order valence-electron chi connectivity index (χ3n) is 4.62. The number of fused-ring (bicyclic) bond motifs is 1. The van der Waals surface area contributed by atoms with Crippen molar-refractivity contribution in [3.63, 3.8) is 0 Å². The van der Waals surface area contributed by atoms with Crippen LogP contribution in [0.25, 0.3) is 0 Å². The van der Waals surface area contributed by atoms with Gasteiger partial charge in [-0.15, -0.1) is 0 Å². The van der Waals surface area contributed by atoms with Crippen molar-refractivity contribution in [1.82, 2.24) is 15.5 Å². The summed E-state index contributed by atoms with van der Waals surface area (Å²) < 4.78 is 37.3. The smallest absolute Gasteiger partial charge is 0.319 e. The SMILES string of the molecule is NC(CNCc1ccc2c(c1)C(=O)N(C1CCC(=O)NC1=O)C2=O)C(F)(F)F. The minimum atomic E-state index is -4.52. The number of hydrogen-bond donors (Lipinski definition) is 3. The fourth-order valence-corrected chi connectivity index (χ4v) is 3.12. The Morgan fingerprint density at radius 3 is 2.50 bits per heavy atom. The first-order valence-electron chi connectivity index (χ1n) is 8.47. The Morgan fingerprint density at radius 2 is 1.86 bits per heavy atom. The fourth-order valence-electron chi connectivity index (χ4n) is 3.12. The van der Waals surface area contributed by atoms with Gasteiger partial charge in [-0.2, -0.15) is 13.2 Å². The molecular weight excluding hydrogens is 381 g/mol. The zero-order valence-corrected chi connectivity index (χ0v) is 14.5. The molecule has 11 heteroatoms. The quantitative estimate of drug-likeness (QED) is 0.604. The number of nitrogens with zero attached hydrogens (tertiary/aromatic N) is 1. The molecule has 4 amide bonds. The molecule has 8 nitrogen and oxygen atoms in total. The van der Waals surface area contributed by atoms with Crippen LogP contribution in [0.5, 0.6) is 0 Å². The van der Waals surface area contributed by atoms with E-state index in [1.807, 2.05) is 0 Å². The summed E-state index contributed by atoms with van der Waals surface area (Å²) in [5, 5.41) is 4.65. The second-order valence-electron chi connectivity index (χ2n) is 6.61. The van der Waals surface area contributed by atoms with E-state index in [2.05, 4.69) is 10.6 Å². The Kier molecular flexibility index (Phi) is 5.22. The number of carbonyl (C=O) groups is 4. The average molecular weight is 398 g/mol. The van der Waals surface area contributed by atoms with Crippen molar-refractivity contribution in [3.8, 4) is 0 Å². The molecule has 150 valence electrons. The summed E-state index contributed by atoms with van der Waals surface area (Å²) in [6, 6.07) is 1.20. The Labute approximate surface area is 157 Å². The molecule has 1 aromatic carbocycles. The minimum Gasteiger partial charge on any atom is -0.319 e. The first-order chi connectivity index (χ1) is 13.1. The molecule has 28 heavy (non-hydrogen) atoms. The van der Waals surface area contributed by atoms with Gasteiger partial charge in [0.15, 0.2) is 0 Å². The minimum absolute atomic E-state index is 0.0109. The van der Waals surface area contributed by atoms with Crippen LogP contribution < -0.4 is 16.4 Å². The van der Waals surface area contributed by atoms with Gasteiger partial charge >= 0.3 is 6.18 Å². The van der Waals surface area contributed by atoms with Crippen LogP contribution in [0.15, 0.2) is 18.2 Å². The molecule has 0 radical (unpaired) electrons. The molecule has 2 unspecified atom stereocenters. The highest BCUT2D eigenvalue weighted by Crippen LogP contribution is 2.28. The third-order valence-corrected chi connectivity index (χ3v) is 4.62.